The van der Waals surface area contributed by atoms with Gasteiger partial charge in [0.05, 0.1) is 18.4 Å². The van der Waals surface area contributed by atoms with Crippen molar-refractivity contribution in [3.8, 4) is 28.5 Å². The van der Waals surface area contributed by atoms with Crippen molar-refractivity contribution in [2.75, 3.05) is 7.11 Å². The number of methoxy groups -OCH3 is 1. The van der Waals surface area contributed by atoms with Crippen LogP contribution in [0.3, 0.4) is 0 Å². The van der Waals surface area contributed by atoms with Gasteiger partial charge in [-0.3, -0.25) is 0 Å². The lowest BCUT2D eigenvalue weighted by atomic mass is 10.1. The van der Waals surface area contributed by atoms with E-state index in [9.17, 15) is 13.2 Å². The number of thioether (sulfide) groups is 1. The zero-order valence-corrected chi connectivity index (χ0v) is 17.2. The first kappa shape index (κ1) is 20.9. The highest BCUT2D eigenvalue weighted by Crippen LogP contribution is 2.32. The Bertz CT molecular complexity index is 1190. The molecule has 4 rings (SSSR count). The first-order chi connectivity index (χ1) is 14.8. The molecule has 31 heavy (non-hydrogen) atoms. The molecule has 0 bridgehead atoms. The molecular weight excluding hydrogens is 431 g/mol. The molecule has 7 nitrogen and oxygen atoms in total. The van der Waals surface area contributed by atoms with E-state index < -0.39 is 11.7 Å². The monoisotopic (exact) mass is 447 g/mol. The Morgan fingerprint density at radius 2 is 1.84 bits per heavy atom. The Morgan fingerprint density at radius 1 is 1.06 bits per heavy atom. The predicted molar refractivity (Wildman–Crippen MR) is 107 cm³/mol. The molecule has 0 atom stereocenters. The third kappa shape index (κ3) is 4.55. The van der Waals surface area contributed by atoms with Crippen LogP contribution in [0.4, 0.5) is 13.2 Å². The first-order valence-corrected chi connectivity index (χ1v) is 10.0. The van der Waals surface area contributed by atoms with Crippen molar-refractivity contribution in [1.29, 1.82) is 0 Å². The number of alkyl halides is 3. The van der Waals surface area contributed by atoms with Gasteiger partial charge < -0.3 is 13.8 Å². The topological polar surface area (TPSA) is 78.9 Å². The zero-order chi connectivity index (χ0) is 22.0. The van der Waals surface area contributed by atoms with Crippen molar-refractivity contribution in [3.05, 3.63) is 60.0 Å². The molecule has 0 saturated carbocycles. The standard InChI is InChI=1S/C20H16F3N5O2S/c1-28-18(12-6-8-15(29-2)9-7-12)25-26-19(28)31-11-16-24-17(27-30-16)13-4-3-5-14(10-13)20(21,22)23/h3-10H,11H2,1-2H3. The van der Waals surface area contributed by atoms with Crippen molar-refractivity contribution in [2.45, 2.75) is 17.1 Å². The zero-order valence-electron chi connectivity index (χ0n) is 16.4. The van der Waals surface area contributed by atoms with Crippen LogP contribution < -0.4 is 4.74 Å². The number of rotatable bonds is 6. The SMILES string of the molecule is COc1ccc(-c2nnc(SCc3nc(-c4cccc(C(F)(F)F)c4)no3)n2C)cc1. The fourth-order valence-electron chi connectivity index (χ4n) is 2.82. The lowest BCUT2D eigenvalue weighted by Crippen LogP contribution is -2.04. The maximum atomic E-state index is 12.9. The Kier molecular flexibility index (Phi) is 5.68. The van der Waals surface area contributed by atoms with Gasteiger partial charge in [-0.2, -0.15) is 18.2 Å². The normalized spacial score (nSPS) is 11.6. The number of aromatic nitrogens is 5. The smallest absolute Gasteiger partial charge is 0.416 e. The van der Waals surface area contributed by atoms with Gasteiger partial charge in [-0.1, -0.05) is 29.1 Å². The van der Waals surface area contributed by atoms with Crippen LogP contribution in [0.15, 0.2) is 58.2 Å². The van der Waals surface area contributed by atoms with Gasteiger partial charge in [0.2, 0.25) is 11.7 Å². The molecular formula is C20H16F3N5O2S. The van der Waals surface area contributed by atoms with E-state index in [0.29, 0.717) is 16.7 Å². The Hall–Kier alpha value is -3.34. The van der Waals surface area contributed by atoms with E-state index in [0.717, 1.165) is 23.4 Å². The van der Waals surface area contributed by atoms with Crippen molar-refractivity contribution in [2.24, 2.45) is 7.05 Å². The van der Waals surface area contributed by atoms with Gasteiger partial charge in [0.1, 0.15) is 5.75 Å². The molecule has 4 aromatic rings. The van der Waals surface area contributed by atoms with Crippen molar-refractivity contribution in [1.82, 2.24) is 24.9 Å². The highest BCUT2D eigenvalue weighted by atomic mass is 32.2. The van der Waals surface area contributed by atoms with E-state index >= 15 is 0 Å². The molecule has 0 aliphatic heterocycles. The second kappa shape index (κ2) is 8.42. The molecule has 11 heteroatoms. The largest absolute Gasteiger partial charge is 0.497 e. The molecule has 2 aromatic heterocycles. The Balaban J connectivity index is 1.46. The van der Waals surface area contributed by atoms with Crippen LogP contribution >= 0.6 is 11.8 Å². The van der Waals surface area contributed by atoms with E-state index in [4.69, 9.17) is 9.26 Å². The summed E-state index contributed by atoms with van der Waals surface area (Å²) in [6, 6.07) is 12.2. The fourth-order valence-corrected chi connectivity index (χ4v) is 3.57. The molecule has 0 unspecified atom stereocenters. The van der Waals surface area contributed by atoms with Gasteiger partial charge in [-0.15, -0.1) is 10.2 Å². The number of nitrogens with zero attached hydrogens (tertiary/aromatic N) is 5. The lowest BCUT2D eigenvalue weighted by Gasteiger charge is -2.06. The van der Waals surface area contributed by atoms with Gasteiger partial charge in [-0.05, 0) is 36.4 Å². The third-order valence-electron chi connectivity index (χ3n) is 4.42. The average molecular weight is 447 g/mol. The molecule has 0 aliphatic carbocycles. The van der Waals surface area contributed by atoms with Crippen LogP contribution in [0.25, 0.3) is 22.8 Å². The molecule has 0 N–H and O–H groups in total. The second-order valence-corrected chi connectivity index (χ2v) is 7.42. The highest BCUT2D eigenvalue weighted by molar-refractivity contribution is 7.98. The van der Waals surface area contributed by atoms with Gasteiger partial charge in [0, 0.05) is 18.2 Å². The molecule has 0 aliphatic rings. The minimum Gasteiger partial charge on any atom is -0.497 e. The maximum Gasteiger partial charge on any atom is 0.416 e. The number of ether oxygens (including phenoxy) is 1. The second-order valence-electron chi connectivity index (χ2n) is 6.47. The van der Waals surface area contributed by atoms with Crippen LogP contribution in [0.5, 0.6) is 5.75 Å². The average Bonchev–Trinajstić information content (AvgIpc) is 3.39. The van der Waals surface area contributed by atoms with Crippen LogP contribution in [-0.2, 0) is 19.0 Å². The molecule has 2 aromatic carbocycles. The molecule has 160 valence electrons. The molecule has 0 fully saturated rings. The van der Waals surface area contributed by atoms with Crippen molar-refractivity contribution < 1.29 is 22.4 Å². The summed E-state index contributed by atoms with van der Waals surface area (Å²) < 4.78 is 50.9. The number of hydrogen-bond donors (Lipinski definition) is 0. The van der Waals surface area contributed by atoms with Crippen LogP contribution in [-0.4, -0.2) is 32.0 Å². The van der Waals surface area contributed by atoms with E-state index in [-0.39, 0.29) is 17.3 Å². The van der Waals surface area contributed by atoms with E-state index in [2.05, 4.69) is 20.3 Å². The van der Waals surface area contributed by atoms with Gasteiger partial charge >= 0.3 is 6.18 Å². The molecule has 0 spiro atoms. The van der Waals surface area contributed by atoms with E-state index in [1.54, 1.807) is 7.11 Å². The molecule has 0 saturated heterocycles. The van der Waals surface area contributed by atoms with E-state index in [1.165, 1.54) is 23.9 Å². The number of halogens is 3. The maximum absolute atomic E-state index is 12.9. The summed E-state index contributed by atoms with van der Waals surface area (Å²) in [6.07, 6.45) is -4.44. The van der Waals surface area contributed by atoms with Crippen molar-refractivity contribution >= 4 is 11.8 Å². The quantitative estimate of drug-likeness (QED) is 0.391. The first-order valence-electron chi connectivity index (χ1n) is 9.02. The predicted octanol–water partition coefficient (Wildman–Crippen LogP) is 4.85. The lowest BCUT2D eigenvalue weighted by molar-refractivity contribution is -0.137. The number of hydrogen-bond acceptors (Lipinski definition) is 7. The van der Waals surface area contributed by atoms with Gasteiger partial charge in [0.25, 0.3) is 0 Å². The Labute approximate surface area is 179 Å². The summed E-state index contributed by atoms with van der Waals surface area (Å²) in [6.45, 7) is 0. The van der Waals surface area contributed by atoms with Crippen LogP contribution in [0.1, 0.15) is 11.5 Å². The summed E-state index contributed by atoms with van der Waals surface area (Å²) in [4.78, 5) is 4.20. The summed E-state index contributed by atoms with van der Waals surface area (Å²) in [7, 11) is 3.44. The van der Waals surface area contributed by atoms with Crippen molar-refractivity contribution in [3.63, 3.8) is 0 Å². The summed E-state index contributed by atoms with van der Waals surface area (Å²) >= 11 is 1.33. The highest BCUT2D eigenvalue weighted by Gasteiger charge is 2.30. The minimum atomic E-state index is -4.44. The fraction of sp³-hybridized carbons (Fsp3) is 0.200. The molecule has 2 heterocycles. The minimum absolute atomic E-state index is 0.0959. The summed E-state index contributed by atoms with van der Waals surface area (Å²) in [5.41, 5.74) is 0.346. The van der Waals surface area contributed by atoms with Crippen LogP contribution in [0.2, 0.25) is 0 Å². The molecule has 0 radical (unpaired) electrons. The Morgan fingerprint density at radius 3 is 2.55 bits per heavy atom. The third-order valence-corrected chi connectivity index (χ3v) is 5.43. The van der Waals surface area contributed by atoms with Crippen LogP contribution in [0, 0.1) is 0 Å². The number of benzene rings is 2. The van der Waals surface area contributed by atoms with Gasteiger partial charge in [0.15, 0.2) is 11.0 Å². The summed E-state index contributed by atoms with van der Waals surface area (Å²) in [5.74, 6) is 2.08. The summed E-state index contributed by atoms with van der Waals surface area (Å²) in [5, 5.41) is 12.8. The van der Waals surface area contributed by atoms with E-state index in [1.807, 2.05) is 35.9 Å². The van der Waals surface area contributed by atoms with Gasteiger partial charge in [-0.25, -0.2) is 0 Å². The molecule has 0 amide bonds.